The molecule has 1 saturated carbocycles. The first-order valence-corrected chi connectivity index (χ1v) is 9.17. The maximum atomic E-state index is 11.8. The minimum atomic E-state index is -0.453. The summed E-state index contributed by atoms with van der Waals surface area (Å²) in [5.41, 5.74) is 1.93. The van der Waals surface area contributed by atoms with Gasteiger partial charge >= 0.3 is 6.09 Å². The van der Waals surface area contributed by atoms with E-state index < -0.39 is 5.60 Å². The van der Waals surface area contributed by atoms with Gasteiger partial charge in [0.15, 0.2) is 0 Å². The molecule has 2 N–H and O–H groups in total. The number of amides is 1. The molecule has 3 rings (SSSR count). The van der Waals surface area contributed by atoms with E-state index in [4.69, 9.17) is 4.74 Å². The average molecular weight is 344 g/mol. The summed E-state index contributed by atoms with van der Waals surface area (Å²) < 4.78 is 5.30. The first-order valence-electron chi connectivity index (χ1n) is 8.30. The molecule has 2 aromatic rings. The Kier molecular flexibility index (Phi) is 4.81. The van der Waals surface area contributed by atoms with Crippen LogP contribution in [-0.2, 0) is 4.74 Å². The fourth-order valence-electron chi connectivity index (χ4n) is 2.80. The molecule has 0 unspecified atom stereocenters. The monoisotopic (exact) mass is 344 g/mol. The van der Waals surface area contributed by atoms with Crippen molar-refractivity contribution >= 4 is 23.1 Å². The number of rotatable bonds is 4. The Labute approximate surface area is 147 Å². The summed E-state index contributed by atoms with van der Waals surface area (Å²) in [5.74, 6) is 0. The third-order valence-corrected chi connectivity index (χ3v) is 4.84. The maximum Gasteiger partial charge on any atom is 0.407 e. The number of benzene rings is 1. The summed E-state index contributed by atoms with van der Waals surface area (Å²) in [6.45, 7) is 5.62. The molecule has 1 aliphatic rings. The third-order valence-electron chi connectivity index (χ3n) is 3.93. The third kappa shape index (κ3) is 4.29. The topological polar surface area (TPSA) is 50.4 Å². The van der Waals surface area contributed by atoms with Crippen molar-refractivity contribution in [1.82, 2.24) is 5.32 Å². The van der Waals surface area contributed by atoms with Crippen molar-refractivity contribution in [3.05, 3.63) is 41.8 Å². The van der Waals surface area contributed by atoms with Gasteiger partial charge in [0, 0.05) is 28.2 Å². The molecule has 0 spiro atoms. The number of alkyl carbamates (subject to hydrolysis) is 1. The highest BCUT2D eigenvalue weighted by Crippen LogP contribution is 2.34. The van der Waals surface area contributed by atoms with Crippen molar-refractivity contribution in [3.63, 3.8) is 0 Å². The molecule has 1 heterocycles. The van der Waals surface area contributed by atoms with Gasteiger partial charge in [-0.3, -0.25) is 0 Å². The zero-order valence-corrected chi connectivity index (χ0v) is 15.2. The summed E-state index contributed by atoms with van der Waals surface area (Å²) in [5, 5.41) is 8.63. The van der Waals surface area contributed by atoms with Crippen molar-refractivity contribution in [2.24, 2.45) is 0 Å². The highest BCUT2D eigenvalue weighted by Gasteiger charge is 2.31. The molecule has 1 amide bonds. The van der Waals surface area contributed by atoms with Crippen molar-refractivity contribution < 1.29 is 9.53 Å². The molecule has 1 aromatic carbocycles. The van der Waals surface area contributed by atoms with E-state index in [-0.39, 0.29) is 12.1 Å². The van der Waals surface area contributed by atoms with Gasteiger partial charge in [0.25, 0.3) is 0 Å². The van der Waals surface area contributed by atoms with E-state index in [1.807, 2.05) is 20.8 Å². The second-order valence-electron chi connectivity index (χ2n) is 7.18. The van der Waals surface area contributed by atoms with Crippen LogP contribution >= 0.6 is 11.3 Å². The van der Waals surface area contributed by atoms with Crippen molar-refractivity contribution in [3.8, 4) is 10.4 Å². The second kappa shape index (κ2) is 6.85. The lowest BCUT2D eigenvalue weighted by molar-refractivity contribution is 0.0475. The molecule has 1 aliphatic carbocycles. The lowest BCUT2D eigenvalue weighted by Crippen LogP contribution is -2.50. The van der Waals surface area contributed by atoms with Crippen LogP contribution in [0.15, 0.2) is 41.8 Å². The van der Waals surface area contributed by atoms with E-state index in [0.29, 0.717) is 6.04 Å². The largest absolute Gasteiger partial charge is 0.444 e. The predicted octanol–water partition coefficient (Wildman–Crippen LogP) is 4.88. The van der Waals surface area contributed by atoms with E-state index in [1.165, 1.54) is 10.4 Å². The number of ether oxygens (including phenoxy) is 1. The Morgan fingerprint density at radius 3 is 2.54 bits per heavy atom. The molecule has 5 heteroatoms. The number of carbonyl (C=O) groups is 1. The molecule has 0 bridgehead atoms. The maximum absolute atomic E-state index is 11.8. The Morgan fingerprint density at radius 2 is 1.88 bits per heavy atom. The lowest BCUT2D eigenvalue weighted by atomic mass is 9.86. The molecule has 4 nitrogen and oxygen atoms in total. The SMILES string of the molecule is CC(C)(C)OC(=O)NC1CC(Nc2ccccc2-c2cccs2)C1. The van der Waals surface area contributed by atoms with Crippen LogP contribution in [-0.4, -0.2) is 23.8 Å². The van der Waals surface area contributed by atoms with Crippen LogP contribution in [0.5, 0.6) is 0 Å². The normalized spacial score (nSPS) is 20.1. The van der Waals surface area contributed by atoms with Gasteiger partial charge in [-0.1, -0.05) is 24.3 Å². The number of hydrogen-bond acceptors (Lipinski definition) is 4. The summed E-state index contributed by atoms with van der Waals surface area (Å²) in [6.07, 6.45) is 1.50. The van der Waals surface area contributed by atoms with E-state index in [0.717, 1.165) is 18.5 Å². The number of nitrogens with one attached hydrogen (secondary N) is 2. The Balaban J connectivity index is 1.53. The minimum absolute atomic E-state index is 0.186. The summed E-state index contributed by atoms with van der Waals surface area (Å²) in [6, 6.07) is 13.1. The zero-order chi connectivity index (χ0) is 17.2. The van der Waals surface area contributed by atoms with Crippen molar-refractivity contribution in [2.75, 3.05) is 5.32 Å². The number of para-hydroxylation sites is 1. The standard InChI is InChI=1S/C19H24N2O2S/c1-19(2,3)23-18(22)21-14-11-13(12-14)20-16-8-5-4-7-15(16)17-9-6-10-24-17/h4-10,13-14,20H,11-12H2,1-3H3,(H,21,22). The molecule has 24 heavy (non-hydrogen) atoms. The summed E-state index contributed by atoms with van der Waals surface area (Å²) in [7, 11) is 0. The smallest absolute Gasteiger partial charge is 0.407 e. The minimum Gasteiger partial charge on any atom is -0.444 e. The fraction of sp³-hybridized carbons (Fsp3) is 0.421. The van der Waals surface area contributed by atoms with Crippen LogP contribution in [0.3, 0.4) is 0 Å². The first-order chi connectivity index (χ1) is 11.4. The molecular formula is C19H24N2O2S. The van der Waals surface area contributed by atoms with Crippen LogP contribution in [0.2, 0.25) is 0 Å². The summed E-state index contributed by atoms with van der Waals surface area (Å²) >= 11 is 1.74. The molecule has 0 saturated heterocycles. The molecule has 1 aromatic heterocycles. The van der Waals surface area contributed by atoms with Gasteiger partial charge in [0.05, 0.1) is 0 Å². The van der Waals surface area contributed by atoms with E-state index in [2.05, 4.69) is 52.4 Å². The van der Waals surface area contributed by atoms with Gasteiger partial charge in [-0.2, -0.15) is 0 Å². The molecule has 128 valence electrons. The van der Waals surface area contributed by atoms with E-state index in [1.54, 1.807) is 11.3 Å². The lowest BCUT2D eigenvalue weighted by Gasteiger charge is -2.37. The van der Waals surface area contributed by atoms with E-state index >= 15 is 0 Å². The van der Waals surface area contributed by atoms with Crippen LogP contribution in [0.4, 0.5) is 10.5 Å². The first kappa shape index (κ1) is 16.8. The second-order valence-corrected chi connectivity index (χ2v) is 8.13. The fourth-order valence-corrected chi connectivity index (χ4v) is 3.57. The zero-order valence-electron chi connectivity index (χ0n) is 14.3. The van der Waals surface area contributed by atoms with Crippen LogP contribution < -0.4 is 10.6 Å². The Bertz CT molecular complexity index is 686. The van der Waals surface area contributed by atoms with E-state index in [9.17, 15) is 4.79 Å². The van der Waals surface area contributed by atoms with Gasteiger partial charge < -0.3 is 15.4 Å². The van der Waals surface area contributed by atoms with Crippen LogP contribution in [0, 0.1) is 0 Å². The molecule has 1 fully saturated rings. The Morgan fingerprint density at radius 1 is 1.12 bits per heavy atom. The van der Waals surface area contributed by atoms with Gasteiger partial charge in [-0.25, -0.2) is 4.79 Å². The number of thiophene rings is 1. The highest BCUT2D eigenvalue weighted by molar-refractivity contribution is 7.13. The van der Waals surface area contributed by atoms with Gasteiger partial charge in [0.1, 0.15) is 5.60 Å². The van der Waals surface area contributed by atoms with Gasteiger partial charge in [-0.05, 0) is 51.1 Å². The quantitative estimate of drug-likeness (QED) is 0.831. The molecule has 0 radical (unpaired) electrons. The molecular weight excluding hydrogens is 320 g/mol. The Hall–Kier alpha value is -2.01. The van der Waals surface area contributed by atoms with Crippen molar-refractivity contribution in [1.29, 1.82) is 0 Å². The van der Waals surface area contributed by atoms with Crippen LogP contribution in [0.25, 0.3) is 10.4 Å². The molecule has 0 aliphatic heterocycles. The number of hydrogen-bond donors (Lipinski definition) is 2. The highest BCUT2D eigenvalue weighted by atomic mass is 32.1. The van der Waals surface area contributed by atoms with Gasteiger partial charge in [-0.15, -0.1) is 11.3 Å². The number of anilines is 1. The molecule has 0 atom stereocenters. The number of carbonyl (C=O) groups excluding carboxylic acids is 1. The summed E-state index contributed by atoms with van der Waals surface area (Å²) in [4.78, 5) is 13.0. The average Bonchev–Trinajstić information content (AvgIpc) is 2.97. The van der Waals surface area contributed by atoms with Crippen LogP contribution in [0.1, 0.15) is 33.6 Å². The van der Waals surface area contributed by atoms with Crippen molar-refractivity contribution in [2.45, 2.75) is 51.3 Å². The van der Waals surface area contributed by atoms with Gasteiger partial charge in [0.2, 0.25) is 0 Å². The predicted molar refractivity (Wildman–Crippen MR) is 99.6 cm³/mol.